The minimum Gasteiger partial charge on any atom is -0.398 e. The molecular formula is C16H13FN2. The summed E-state index contributed by atoms with van der Waals surface area (Å²) in [7, 11) is 0. The molecule has 0 unspecified atom stereocenters. The van der Waals surface area contributed by atoms with Crippen LogP contribution < -0.4 is 5.73 Å². The second-order valence-corrected chi connectivity index (χ2v) is 4.43. The third kappa shape index (κ3) is 2.27. The molecule has 1 aliphatic rings. The van der Waals surface area contributed by atoms with Gasteiger partial charge in [0.05, 0.1) is 11.2 Å². The Balaban J connectivity index is 2.07. The van der Waals surface area contributed by atoms with Gasteiger partial charge in [-0.15, -0.1) is 0 Å². The number of pyridine rings is 1. The Labute approximate surface area is 110 Å². The van der Waals surface area contributed by atoms with E-state index in [1.807, 2.05) is 36.4 Å². The number of nitrogens with two attached hydrogens (primary N) is 1. The number of aromatic nitrogens is 1. The summed E-state index contributed by atoms with van der Waals surface area (Å²) in [4.78, 5) is 4.58. The van der Waals surface area contributed by atoms with E-state index in [2.05, 4.69) is 4.98 Å². The van der Waals surface area contributed by atoms with Gasteiger partial charge in [0.1, 0.15) is 5.83 Å². The zero-order valence-corrected chi connectivity index (χ0v) is 10.3. The topological polar surface area (TPSA) is 38.9 Å². The van der Waals surface area contributed by atoms with Crippen LogP contribution in [0, 0.1) is 0 Å². The predicted octanol–water partition coefficient (Wildman–Crippen LogP) is 4.01. The normalized spacial score (nSPS) is 15.0. The number of rotatable bonds is 1. The fraction of sp³-hybridized carbons (Fsp3) is 0.0625. The standard InChI is InChI=1S/C16H13FN2/c17-12-4-1-3-11(7-8-12)15-10-9-13-14(18)5-2-6-16(13)19-15/h2-10H,1,18H2. The van der Waals surface area contributed by atoms with E-state index in [-0.39, 0.29) is 5.83 Å². The van der Waals surface area contributed by atoms with Gasteiger partial charge in [-0.3, -0.25) is 0 Å². The number of anilines is 1. The molecule has 1 heterocycles. The summed E-state index contributed by atoms with van der Waals surface area (Å²) in [5.74, 6) is -0.212. The van der Waals surface area contributed by atoms with Crippen molar-refractivity contribution in [2.75, 3.05) is 5.73 Å². The minimum atomic E-state index is -0.212. The number of hydrogen-bond acceptors (Lipinski definition) is 2. The van der Waals surface area contributed by atoms with Crippen LogP contribution in [0.25, 0.3) is 16.5 Å². The van der Waals surface area contributed by atoms with Crippen molar-refractivity contribution in [3.05, 3.63) is 66.2 Å². The molecule has 0 saturated heterocycles. The van der Waals surface area contributed by atoms with E-state index in [9.17, 15) is 4.39 Å². The Morgan fingerprint density at radius 1 is 1.05 bits per heavy atom. The Morgan fingerprint density at radius 3 is 2.84 bits per heavy atom. The largest absolute Gasteiger partial charge is 0.398 e. The van der Waals surface area contributed by atoms with E-state index in [0.717, 1.165) is 27.9 Å². The maximum absolute atomic E-state index is 13.1. The smallest absolute Gasteiger partial charge is 0.119 e. The highest BCUT2D eigenvalue weighted by Crippen LogP contribution is 2.24. The zero-order chi connectivity index (χ0) is 13.2. The van der Waals surface area contributed by atoms with Crippen LogP contribution in [0.2, 0.25) is 0 Å². The number of halogens is 1. The van der Waals surface area contributed by atoms with Crippen molar-refractivity contribution < 1.29 is 4.39 Å². The van der Waals surface area contributed by atoms with E-state index in [0.29, 0.717) is 6.42 Å². The molecule has 0 amide bonds. The molecule has 0 saturated carbocycles. The van der Waals surface area contributed by atoms with Gasteiger partial charge in [-0.25, -0.2) is 9.37 Å². The molecule has 0 atom stereocenters. The van der Waals surface area contributed by atoms with Gasteiger partial charge in [-0.2, -0.15) is 0 Å². The van der Waals surface area contributed by atoms with Crippen molar-refractivity contribution in [3.8, 4) is 0 Å². The summed E-state index contributed by atoms with van der Waals surface area (Å²) in [6.07, 6.45) is 7.29. The monoisotopic (exact) mass is 252 g/mol. The van der Waals surface area contributed by atoms with E-state index in [1.165, 1.54) is 6.08 Å². The Kier molecular flexibility index (Phi) is 2.88. The highest BCUT2D eigenvalue weighted by Gasteiger charge is 2.05. The Bertz CT molecular complexity index is 727. The number of nitrogens with zero attached hydrogens (tertiary/aromatic N) is 1. The summed E-state index contributed by atoms with van der Waals surface area (Å²) < 4.78 is 13.1. The van der Waals surface area contributed by atoms with E-state index in [4.69, 9.17) is 5.73 Å². The molecular weight excluding hydrogens is 239 g/mol. The molecule has 2 aromatic rings. The van der Waals surface area contributed by atoms with Gasteiger partial charge in [0.15, 0.2) is 0 Å². The van der Waals surface area contributed by atoms with Crippen molar-refractivity contribution in [2.24, 2.45) is 0 Å². The first-order valence-electron chi connectivity index (χ1n) is 6.13. The number of hydrogen-bond donors (Lipinski definition) is 1. The molecule has 0 spiro atoms. The maximum Gasteiger partial charge on any atom is 0.119 e. The molecule has 1 aliphatic carbocycles. The van der Waals surface area contributed by atoms with Crippen LogP contribution in [0.3, 0.4) is 0 Å². The van der Waals surface area contributed by atoms with E-state index < -0.39 is 0 Å². The van der Waals surface area contributed by atoms with Crippen LogP contribution in [0.4, 0.5) is 10.1 Å². The molecule has 19 heavy (non-hydrogen) atoms. The molecule has 1 aromatic heterocycles. The SMILES string of the molecule is Nc1cccc2nc(C3=CCC=C(F)C=C3)ccc12. The third-order valence-corrected chi connectivity index (χ3v) is 3.13. The van der Waals surface area contributed by atoms with Crippen LogP contribution in [0.15, 0.2) is 60.5 Å². The molecule has 94 valence electrons. The lowest BCUT2D eigenvalue weighted by Crippen LogP contribution is -1.92. The van der Waals surface area contributed by atoms with Gasteiger partial charge in [-0.05, 0) is 48.4 Å². The van der Waals surface area contributed by atoms with E-state index in [1.54, 1.807) is 12.2 Å². The third-order valence-electron chi connectivity index (χ3n) is 3.13. The predicted molar refractivity (Wildman–Crippen MR) is 77.1 cm³/mol. The molecule has 0 radical (unpaired) electrons. The van der Waals surface area contributed by atoms with Crippen LogP contribution in [0.1, 0.15) is 12.1 Å². The first-order valence-corrected chi connectivity index (χ1v) is 6.13. The van der Waals surface area contributed by atoms with Gasteiger partial charge >= 0.3 is 0 Å². The van der Waals surface area contributed by atoms with Gasteiger partial charge in [-0.1, -0.05) is 18.2 Å². The average Bonchev–Trinajstić information content (AvgIpc) is 2.63. The number of allylic oxidation sites excluding steroid dienone is 6. The lowest BCUT2D eigenvalue weighted by atomic mass is 10.1. The lowest BCUT2D eigenvalue weighted by Gasteiger charge is -2.05. The van der Waals surface area contributed by atoms with Gasteiger partial charge in [0.25, 0.3) is 0 Å². The van der Waals surface area contributed by atoms with Gasteiger partial charge in [0, 0.05) is 11.1 Å². The molecule has 3 rings (SSSR count). The summed E-state index contributed by atoms with van der Waals surface area (Å²) in [5.41, 5.74) is 9.23. The quantitative estimate of drug-likeness (QED) is 0.779. The Morgan fingerprint density at radius 2 is 1.95 bits per heavy atom. The summed E-state index contributed by atoms with van der Waals surface area (Å²) in [6, 6.07) is 9.53. The van der Waals surface area contributed by atoms with Crippen LogP contribution in [-0.4, -0.2) is 4.98 Å². The zero-order valence-electron chi connectivity index (χ0n) is 10.3. The minimum absolute atomic E-state index is 0.212. The highest BCUT2D eigenvalue weighted by atomic mass is 19.1. The molecule has 2 nitrogen and oxygen atoms in total. The van der Waals surface area contributed by atoms with Gasteiger partial charge < -0.3 is 5.73 Å². The molecule has 0 fully saturated rings. The highest BCUT2D eigenvalue weighted by molar-refractivity contribution is 5.91. The summed E-state index contributed by atoms with van der Waals surface area (Å²) >= 11 is 0. The first kappa shape index (κ1) is 11.7. The van der Waals surface area contributed by atoms with Crippen molar-refractivity contribution in [1.29, 1.82) is 0 Å². The second-order valence-electron chi connectivity index (χ2n) is 4.43. The summed E-state index contributed by atoms with van der Waals surface area (Å²) in [5, 5.41) is 0.939. The van der Waals surface area contributed by atoms with E-state index >= 15 is 0 Å². The number of benzene rings is 1. The number of fused-ring (bicyclic) bond motifs is 1. The van der Waals surface area contributed by atoms with Crippen molar-refractivity contribution in [3.63, 3.8) is 0 Å². The van der Waals surface area contributed by atoms with Gasteiger partial charge in [0.2, 0.25) is 0 Å². The molecule has 3 heteroatoms. The Hall–Kier alpha value is -2.42. The first-order chi connectivity index (χ1) is 9.24. The fourth-order valence-electron chi connectivity index (χ4n) is 2.13. The summed E-state index contributed by atoms with van der Waals surface area (Å²) in [6.45, 7) is 0. The maximum atomic E-state index is 13.1. The molecule has 1 aromatic carbocycles. The van der Waals surface area contributed by atoms with Crippen molar-refractivity contribution >= 4 is 22.2 Å². The van der Waals surface area contributed by atoms with Crippen molar-refractivity contribution in [2.45, 2.75) is 6.42 Å². The molecule has 0 bridgehead atoms. The van der Waals surface area contributed by atoms with Crippen molar-refractivity contribution in [1.82, 2.24) is 4.98 Å². The average molecular weight is 252 g/mol. The van der Waals surface area contributed by atoms with Crippen LogP contribution in [0.5, 0.6) is 0 Å². The van der Waals surface area contributed by atoms with Crippen LogP contribution in [-0.2, 0) is 0 Å². The lowest BCUT2D eigenvalue weighted by molar-refractivity contribution is 0.663. The molecule has 2 N–H and O–H groups in total. The molecule has 0 aliphatic heterocycles. The number of nitrogen functional groups attached to an aromatic ring is 1. The van der Waals surface area contributed by atoms with Crippen LogP contribution >= 0.6 is 0 Å². The fourth-order valence-corrected chi connectivity index (χ4v) is 2.13. The second kappa shape index (κ2) is 4.69.